The second-order valence-electron chi connectivity index (χ2n) is 5.85. The highest BCUT2D eigenvalue weighted by Crippen LogP contribution is 2.38. The second-order valence-corrected chi connectivity index (χ2v) is 5.85. The molecule has 0 radical (unpaired) electrons. The third-order valence-corrected chi connectivity index (χ3v) is 3.97. The lowest BCUT2D eigenvalue weighted by atomic mass is 9.93. The highest BCUT2D eigenvalue weighted by molar-refractivity contribution is 5.87. The predicted molar refractivity (Wildman–Crippen MR) is 77.3 cm³/mol. The average molecular weight is 372 g/mol. The van der Waals surface area contributed by atoms with Crippen molar-refractivity contribution in [2.75, 3.05) is 0 Å². The zero-order valence-electron chi connectivity index (χ0n) is 13.1. The Morgan fingerprint density at radius 3 is 2.58 bits per heavy atom. The Morgan fingerprint density at radius 1 is 1.23 bits per heavy atom. The summed E-state index contributed by atoms with van der Waals surface area (Å²) in [5.41, 5.74) is -0.392. The van der Waals surface area contributed by atoms with Gasteiger partial charge in [0.25, 0.3) is 0 Å². The highest BCUT2D eigenvalue weighted by Gasteiger charge is 2.36. The Hall–Kier alpha value is -2.71. The van der Waals surface area contributed by atoms with Gasteiger partial charge < -0.3 is 14.6 Å². The van der Waals surface area contributed by atoms with Gasteiger partial charge in [0.05, 0.1) is 18.1 Å². The second kappa shape index (κ2) is 6.54. The van der Waals surface area contributed by atoms with Gasteiger partial charge in [-0.2, -0.15) is 13.2 Å². The first-order valence-electron chi connectivity index (χ1n) is 7.58. The molecular formula is C17H11F5NO3-. The van der Waals surface area contributed by atoms with E-state index in [1.54, 1.807) is 0 Å². The van der Waals surface area contributed by atoms with Gasteiger partial charge in [-0.05, 0) is 36.6 Å². The fourth-order valence-electron chi connectivity index (χ4n) is 2.86. The zero-order valence-corrected chi connectivity index (χ0v) is 13.1. The number of rotatable bonds is 3. The topological polar surface area (TPSA) is 62.2 Å². The van der Waals surface area contributed by atoms with Crippen LogP contribution in [0.25, 0.3) is 11.1 Å². The fraction of sp³-hybridized carbons (Fsp3) is 0.294. The molecule has 138 valence electrons. The van der Waals surface area contributed by atoms with E-state index in [4.69, 9.17) is 4.74 Å². The number of carboxylic acids is 1. The summed E-state index contributed by atoms with van der Waals surface area (Å²) in [7, 11) is 0. The molecule has 1 atom stereocenters. The summed E-state index contributed by atoms with van der Waals surface area (Å²) in [4.78, 5) is 14.8. The lowest BCUT2D eigenvalue weighted by molar-refractivity contribution is -0.255. The number of aromatic carboxylic acids is 1. The van der Waals surface area contributed by atoms with Crippen LogP contribution in [0.15, 0.2) is 24.3 Å². The molecule has 1 aromatic carbocycles. The summed E-state index contributed by atoms with van der Waals surface area (Å²) in [6.07, 6.45) is -6.83. The standard InChI is InChI=1S/C17H12F5NO3/c18-8-1-3-10(13(19)5-8)12-6-14(16(24)25)23-15-11(12)4-2-9(26-15)7-17(20,21)22/h1,3,5-6,9H,2,4,7H2,(H,24,25)/p-1/t9-/m0/s1. The number of carbonyl (C=O) groups is 1. The number of carbonyl (C=O) groups excluding carboxylic acids is 1. The molecule has 0 fully saturated rings. The lowest BCUT2D eigenvalue weighted by Crippen LogP contribution is -2.31. The molecule has 0 aliphatic carbocycles. The van der Waals surface area contributed by atoms with Crippen molar-refractivity contribution in [3.63, 3.8) is 0 Å². The summed E-state index contributed by atoms with van der Waals surface area (Å²) in [5, 5.41) is 11.2. The van der Waals surface area contributed by atoms with E-state index in [1.807, 2.05) is 0 Å². The number of halogens is 5. The molecular weight excluding hydrogens is 361 g/mol. The monoisotopic (exact) mass is 372 g/mol. The van der Waals surface area contributed by atoms with Gasteiger partial charge in [-0.15, -0.1) is 0 Å². The maximum Gasteiger partial charge on any atom is 0.392 e. The minimum absolute atomic E-state index is 0.00529. The highest BCUT2D eigenvalue weighted by atomic mass is 19.4. The van der Waals surface area contributed by atoms with E-state index < -0.39 is 42.0 Å². The fourth-order valence-corrected chi connectivity index (χ4v) is 2.86. The molecule has 0 saturated carbocycles. The van der Waals surface area contributed by atoms with E-state index in [9.17, 15) is 31.9 Å². The van der Waals surface area contributed by atoms with E-state index in [0.29, 0.717) is 6.07 Å². The molecule has 0 amide bonds. The number of benzene rings is 1. The van der Waals surface area contributed by atoms with Gasteiger partial charge in [0.2, 0.25) is 5.88 Å². The number of aromatic nitrogens is 1. The molecule has 4 nitrogen and oxygen atoms in total. The number of carboxylic acid groups (broad SMARTS) is 1. The molecule has 3 rings (SSSR count). The maximum absolute atomic E-state index is 14.1. The van der Waals surface area contributed by atoms with E-state index >= 15 is 0 Å². The largest absolute Gasteiger partial charge is 0.543 e. The van der Waals surface area contributed by atoms with Crippen molar-refractivity contribution in [3.8, 4) is 17.0 Å². The molecule has 1 aliphatic heterocycles. The summed E-state index contributed by atoms with van der Waals surface area (Å²) in [6.45, 7) is 0. The van der Waals surface area contributed by atoms with Crippen molar-refractivity contribution >= 4 is 5.97 Å². The third-order valence-electron chi connectivity index (χ3n) is 3.97. The molecule has 0 N–H and O–H groups in total. The van der Waals surface area contributed by atoms with Gasteiger partial charge in [-0.3, -0.25) is 0 Å². The van der Waals surface area contributed by atoms with Gasteiger partial charge >= 0.3 is 6.18 Å². The summed E-state index contributed by atoms with van der Waals surface area (Å²) in [5.74, 6) is -3.78. The van der Waals surface area contributed by atoms with Crippen molar-refractivity contribution in [1.82, 2.24) is 4.98 Å². The SMILES string of the molecule is O=C([O-])c1cc(-c2ccc(F)cc2F)c2c(n1)O[C@H](CC(F)(F)F)CC2. The molecule has 0 spiro atoms. The van der Waals surface area contributed by atoms with Crippen molar-refractivity contribution in [1.29, 1.82) is 0 Å². The van der Waals surface area contributed by atoms with E-state index in [-0.39, 0.29) is 35.4 Å². The Labute approximate surface area is 144 Å². The van der Waals surface area contributed by atoms with Crippen LogP contribution in [0, 0.1) is 11.6 Å². The van der Waals surface area contributed by atoms with E-state index in [0.717, 1.165) is 18.2 Å². The maximum atomic E-state index is 14.1. The molecule has 2 aromatic rings. The summed E-state index contributed by atoms with van der Waals surface area (Å²) < 4.78 is 70.2. The first kappa shape index (κ1) is 18.1. The number of hydrogen-bond donors (Lipinski definition) is 0. The van der Waals surface area contributed by atoms with Crippen LogP contribution in [0.1, 0.15) is 28.9 Å². The molecule has 0 bridgehead atoms. The minimum Gasteiger partial charge on any atom is -0.543 e. The molecule has 26 heavy (non-hydrogen) atoms. The van der Waals surface area contributed by atoms with Gasteiger partial charge in [0.15, 0.2) is 0 Å². The minimum atomic E-state index is -4.46. The van der Waals surface area contributed by atoms with Crippen molar-refractivity contribution in [3.05, 3.63) is 47.2 Å². The predicted octanol–water partition coefficient (Wildman–Crippen LogP) is 3.04. The molecule has 1 aliphatic rings. The Kier molecular flexibility index (Phi) is 4.55. The first-order valence-corrected chi connectivity index (χ1v) is 7.58. The summed E-state index contributed by atoms with van der Waals surface area (Å²) in [6, 6.07) is 3.76. The normalized spacial score (nSPS) is 16.7. The van der Waals surface area contributed by atoms with Gasteiger partial charge in [0.1, 0.15) is 17.7 Å². The summed E-state index contributed by atoms with van der Waals surface area (Å²) >= 11 is 0. The molecule has 0 saturated heterocycles. The smallest absolute Gasteiger partial charge is 0.392 e. The number of alkyl halides is 3. The van der Waals surface area contributed by atoms with E-state index in [2.05, 4.69) is 4.98 Å². The van der Waals surface area contributed by atoms with Crippen LogP contribution in [0.2, 0.25) is 0 Å². The van der Waals surface area contributed by atoms with Crippen LogP contribution in [0.3, 0.4) is 0 Å². The van der Waals surface area contributed by atoms with Gasteiger partial charge in [-0.25, -0.2) is 13.8 Å². The van der Waals surface area contributed by atoms with E-state index in [1.165, 1.54) is 0 Å². The Balaban J connectivity index is 2.08. The number of nitrogens with zero attached hydrogens (tertiary/aromatic N) is 1. The number of ether oxygens (including phenoxy) is 1. The van der Waals surface area contributed by atoms with Crippen LogP contribution < -0.4 is 9.84 Å². The number of hydrogen-bond acceptors (Lipinski definition) is 4. The molecule has 9 heteroatoms. The Morgan fingerprint density at radius 2 is 1.96 bits per heavy atom. The Bertz CT molecular complexity index is 866. The van der Waals surface area contributed by atoms with Crippen LogP contribution in [0.5, 0.6) is 5.88 Å². The van der Waals surface area contributed by atoms with Crippen molar-refractivity contribution in [2.24, 2.45) is 0 Å². The van der Waals surface area contributed by atoms with Crippen molar-refractivity contribution < 1.29 is 36.6 Å². The average Bonchev–Trinajstić information content (AvgIpc) is 2.52. The molecule has 1 aromatic heterocycles. The third kappa shape index (κ3) is 3.76. The lowest BCUT2D eigenvalue weighted by Gasteiger charge is -2.28. The number of fused-ring (bicyclic) bond motifs is 1. The molecule has 2 heterocycles. The quantitative estimate of drug-likeness (QED) is 0.777. The van der Waals surface area contributed by atoms with Gasteiger partial charge in [0, 0.05) is 17.2 Å². The first-order chi connectivity index (χ1) is 12.1. The van der Waals surface area contributed by atoms with Crippen molar-refractivity contribution in [2.45, 2.75) is 31.5 Å². The van der Waals surface area contributed by atoms with Crippen LogP contribution in [0.4, 0.5) is 22.0 Å². The van der Waals surface area contributed by atoms with Crippen LogP contribution >= 0.6 is 0 Å². The van der Waals surface area contributed by atoms with Crippen LogP contribution in [-0.4, -0.2) is 23.2 Å². The van der Waals surface area contributed by atoms with Crippen LogP contribution in [-0.2, 0) is 6.42 Å². The zero-order chi connectivity index (χ0) is 19.1. The van der Waals surface area contributed by atoms with Gasteiger partial charge in [-0.1, -0.05) is 0 Å². The molecule has 0 unspecified atom stereocenters. The number of pyridine rings is 1.